The van der Waals surface area contributed by atoms with E-state index in [9.17, 15) is 9.59 Å². The molecule has 0 aliphatic carbocycles. The van der Waals surface area contributed by atoms with Crippen molar-refractivity contribution in [1.29, 1.82) is 0 Å². The molecule has 0 spiro atoms. The number of fused-ring (bicyclic) bond motifs is 2. The average molecular weight is 418 g/mol. The lowest BCUT2D eigenvalue weighted by Gasteiger charge is -2.13. The Morgan fingerprint density at radius 1 is 1.17 bits per heavy atom. The Morgan fingerprint density at radius 2 is 2.00 bits per heavy atom. The third kappa shape index (κ3) is 3.37. The van der Waals surface area contributed by atoms with Crippen molar-refractivity contribution in [2.45, 2.75) is 24.2 Å². The summed E-state index contributed by atoms with van der Waals surface area (Å²) < 4.78 is 3.30. The molecule has 30 heavy (non-hydrogen) atoms. The third-order valence-corrected chi connectivity index (χ3v) is 6.08. The number of carbonyl (C=O) groups is 1. The summed E-state index contributed by atoms with van der Waals surface area (Å²) in [6.45, 7) is 0.364. The molecular weight excluding hydrogens is 400 g/mol. The second-order valence-corrected chi connectivity index (χ2v) is 7.95. The Labute approximate surface area is 176 Å². The molecule has 4 heterocycles. The van der Waals surface area contributed by atoms with Gasteiger partial charge in [-0.3, -0.25) is 19.1 Å². The molecule has 1 atom stereocenters. The smallest absolute Gasteiger partial charge is 0.265 e. The van der Waals surface area contributed by atoms with Crippen molar-refractivity contribution in [2.24, 2.45) is 0 Å². The fourth-order valence-electron chi connectivity index (χ4n) is 3.52. The maximum Gasteiger partial charge on any atom is 0.265 e. The molecule has 9 heteroatoms. The van der Waals surface area contributed by atoms with Gasteiger partial charge in [0, 0.05) is 18.4 Å². The number of hydrogen-bond donors (Lipinski definition) is 1. The molecule has 0 bridgehead atoms. The summed E-state index contributed by atoms with van der Waals surface area (Å²) in [6, 6.07) is 14.9. The molecule has 0 unspecified atom stereocenters. The van der Waals surface area contributed by atoms with Crippen LogP contribution in [0.15, 0.2) is 70.9 Å². The van der Waals surface area contributed by atoms with Gasteiger partial charge in [0.1, 0.15) is 5.39 Å². The minimum Gasteiger partial charge on any atom is -0.350 e. The summed E-state index contributed by atoms with van der Waals surface area (Å²) >= 11 is 1.49. The summed E-state index contributed by atoms with van der Waals surface area (Å²) in [4.78, 5) is 34.5. The van der Waals surface area contributed by atoms with Crippen LogP contribution in [0.1, 0.15) is 18.2 Å². The predicted molar refractivity (Wildman–Crippen MR) is 114 cm³/mol. The Balaban J connectivity index is 1.39. The van der Waals surface area contributed by atoms with Crippen LogP contribution in [0, 0.1) is 0 Å². The quantitative estimate of drug-likeness (QED) is 0.500. The van der Waals surface area contributed by atoms with Gasteiger partial charge in [0.2, 0.25) is 5.91 Å². The Hall–Kier alpha value is -3.46. The molecule has 3 aromatic heterocycles. The number of hydrogen-bond acceptors (Lipinski definition) is 6. The third-order valence-electron chi connectivity index (χ3n) is 4.99. The molecule has 1 aliphatic rings. The molecule has 4 aromatic rings. The highest BCUT2D eigenvalue weighted by molar-refractivity contribution is 7.99. The van der Waals surface area contributed by atoms with Crippen molar-refractivity contribution >= 4 is 28.7 Å². The van der Waals surface area contributed by atoms with E-state index in [0.717, 1.165) is 11.4 Å². The number of amides is 1. The number of pyridine rings is 1. The van der Waals surface area contributed by atoms with Crippen molar-refractivity contribution in [3.05, 3.63) is 77.0 Å². The van der Waals surface area contributed by atoms with Gasteiger partial charge in [0.15, 0.2) is 10.8 Å². The lowest BCUT2D eigenvalue weighted by molar-refractivity contribution is -0.121. The van der Waals surface area contributed by atoms with E-state index in [1.54, 1.807) is 21.6 Å². The van der Waals surface area contributed by atoms with E-state index < -0.39 is 0 Å². The van der Waals surface area contributed by atoms with Crippen molar-refractivity contribution in [3.8, 4) is 5.69 Å². The van der Waals surface area contributed by atoms with Crippen LogP contribution in [0.25, 0.3) is 16.7 Å². The summed E-state index contributed by atoms with van der Waals surface area (Å²) in [5.41, 5.74) is 2.01. The molecule has 0 fully saturated rings. The highest BCUT2D eigenvalue weighted by Gasteiger charge is 2.29. The van der Waals surface area contributed by atoms with Gasteiger partial charge in [-0.1, -0.05) is 36.0 Å². The van der Waals surface area contributed by atoms with Crippen molar-refractivity contribution in [1.82, 2.24) is 29.6 Å². The highest BCUT2D eigenvalue weighted by Crippen LogP contribution is 2.33. The molecule has 1 aromatic carbocycles. The molecule has 0 saturated heterocycles. The molecule has 1 N–H and O–H groups in total. The van der Waals surface area contributed by atoms with E-state index in [0.29, 0.717) is 28.5 Å². The number of rotatable bonds is 5. The minimum atomic E-state index is -0.238. The SMILES string of the molecule is O=C(C[C@H]1CSc2nc3c(cnn3-c3ccccc3)c(=O)n21)NCc1ccccn1. The lowest BCUT2D eigenvalue weighted by Crippen LogP contribution is -2.30. The summed E-state index contributed by atoms with van der Waals surface area (Å²) in [5.74, 6) is 0.510. The van der Waals surface area contributed by atoms with Crippen LogP contribution in [-0.4, -0.2) is 36.0 Å². The summed E-state index contributed by atoms with van der Waals surface area (Å²) in [7, 11) is 0. The summed E-state index contributed by atoms with van der Waals surface area (Å²) in [6.07, 6.45) is 3.45. The van der Waals surface area contributed by atoms with Gasteiger partial charge in [-0.2, -0.15) is 5.10 Å². The Morgan fingerprint density at radius 3 is 2.80 bits per heavy atom. The molecule has 0 radical (unpaired) electrons. The molecule has 0 saturated carbocycles. The number of aromatic nitrogens is 5. The van der Waals surface area contributed by atoms with E-state index in [1.165, 1.54) is 11.8 Å². The van der Waals surface area contributed by atoms with E-state index >= 15 is 0 Å². The first-order valence-electron chi connectivity index (χ1n) is 9.56. The van der Waals surface area contributed by atoms with E-state index in [-0.39, 0.29) is 23.9 Å². The minimum absolute atomic E-state index is 0.119. The van der Waals surface area contributed by atoms with E-state index in [2.05, 4.69) is 20.4 Å². The first-order valence-corrected chi connectivity index (χ1v) is 10.5. The van der Waals surface area contributed by atoms with Crippen LogP contribution in [-0.2, 0) is 11.3 Å². The van der Waals surface area contributed by atoms with Crippen LogP contribution < -0.4 is 10.9 Å². The second-order valence-electron chi connectivity index (χ2n) is 6.97. The van der Waals surface area contributed by atoms with Crippen LogP contribution in [0.3, 0.4) is 0 Å². The zero-order valence-corrected chi connectivity index (χ0v) is 16.7. The fraction of sp³-hybridized carbons (Fsp3) is 0.190. The van der Waals surface area contributed by atoms with Crippen molar-refractivity contribution in [3.63, 3.8) is 0 Å². The van der Waals surface area contributed by atoms with Crippen LogP contribution >= 0.6 is 11.8 Å². The molecule has 1 amide bonds. The highest BCUT2D eigenvalue weighted by atomic mass is 32.2. The van der Waals surface area contributed by atoms with E-state index in [1.807, 2.05) is 48.5 Å². The van der Waals surface area contributed by atoms with Crippen molar-refractivity contribution in [2.75, 3.05) is 5.75 Å². The predicted octanol–water partition coefficient (Wildman–Crippen LogP) is 2.33. The molecular formula is C21H18N6O2S. The number of benzene rings is 1. The Bertz CT molecular complexity index is 1270. The van der Waals surface area contributed by atoms with Gasteiger partial charge < -0.3 is 5.32 Å². The second kappa shape index (κ2) is 7.75. The van der Waals surface area contributed by atoms with Gasteiger partial charge in [0.05, 0.1) is 30.2 Å². The molecule has 1 aliphatic heterocycles. The van der Waals surface area contributed by atoms with Crippen molar-refractivity contribution < 1.29 is 4.79 Å². The largest absolute Gasteiger partial charge is 0.350 e. The first kappa shape index (κ1) is 18.6. The number of carbonyl (C=O) groups excluding carboxylic acids is 1. The zero-order valence-electron chi connectivity index (χ0n) is 15.9. The van der Waals surface area contributed by atoms with Gasteiger partial charge in [0.25, 0.3) is 5.56 Å². The monoisotopic (exact) mass is 418 g/mol. The van der Waals surface area contributed by atoms with Crippen LogP contribution in [0.4, 0.5) is 0 Å². The molecule has 8 nitrogen and oxygen atoms in total. The van der Waals surface area contributed by atoms with Crippen LogP contribution in [0.2, 0.25) is 0 Å². The van der Waals surface area contributed by atoms with Gasteiger partial charge in [-0.15, -0.1) is 0 Å². The number of nitrogens with zero attached hydrogens (tertiary/aromatic N) is 5. The Kier molecular flexibility index (Phi) is 4.80. The summed E-state index contributed by atoms with van der Waals surface area (Å²) in [5, 5.41) is 8.30. The van der Waals surface area contributed by atoms with Crippen LogP contribution in [0.5, 0.6) is 0 Å². The topological polar surface area (TPSA) is 94.7 Å². The van der Waals surface area contributed by atoms with Gasteiger partial charge in [-0.05, 0) is 24.3 Å². The standard InChI is InChI=1S/C21H18N6O2S/c28-18(23-11-14-6-4-5-9-22-14)10-16-13-30-21-25-19-17(20(29)26(16)21)12-24-27(19)15-7-2-1-3-8-15/h1-9,12,16H,10-11,13H2,(H,23,28)/t16-/m0/s1. The maximum absolute atomic E-state index is 13.2. The number of nitrogens with one attached hydrogen (secondary N) is 1. The molecule has 150 valence electrons. The van der Waals surface area contributed by atoms with E-state index in [4.69, 9.17) is 0 Å². The first-order chi connectivity index (χ1) is 14.7. The number of thioether (sulfide) groups is 1. The normalized spacial score (nSPS) is 15.3. The zero-order chi connectivity index (χ0) is 20.5. The molecule has 5 rings (SSSR count). The average Bonchev–Trinajstić information content (AvgIpc) is 3.39. The number of para-hydroxylation sites is 1. The maximum atomic E-state index is 13.2. The fourth-order valence-corrected chi connectivity index (χ4v) is 4.65. The van der Waals surface area contributed by atoms with Gasteiger partial charge >= 0.3 is 0 Å². The van der Waals surface area contributed by atoms with Gasteiger partial charge in [-0.25, -0.2) is 9.67 Å². The lowest BCUT2D eigenvalue weighted by atomic mass is 10.2.